The Morgan fingerprint density at radius 1 is 1.08 bits per heavy atom. The van der Waals surface area contributed by atoms with Crippen LogP contribution in [0.1, 0.15) is 25.5 Å². The number of benzene rings is 1. The van der Waals surface area contributed by atoms with Gasteiger partial charge in [-0.2, -0.15) is 9.78 Å². The fraction of sp³-hybridized carbons (Fsp3) is 0.250. The van der Waals surface area contributed by atoms with Gasteiger partial charge in [-0.1, -0.05) is 31.5 Å². The van der Waals surface area contributed by atoms with Gasteiger partial charge in [0.25, 0.3) is 0 Å². The summed E-state index contributed by atoms with van der Waals surface area (Å²) >= 11 is 0. The monoisotopic (exact) mass is 332 g/mol. The molecular formula is C20H20N4O. The molecule has 1 aromatic carbocycles. The minimum atomic E-state index is 0.688. The predicted octanol–water partition coefficient (Wildman–Crippen LogP) is 4.46. The van der Waals surface area contributed by atoms with Crippen molar-refractivity contribution >= 4 is 21.9 Å². The van der Waals surface area contributed by atoms with Gasteiger partial charge in [-0.3, -0.25) is 0 Å². The minimum Gasteiger partial charge on any atom is -0.492 e. The van der Waals surface area contributed by atoms with Gasteiger partial charge in [-0.15, -0.1) is 0 Å². The van der Waals surface area contributed by atoms with E-state index in [1.165, 1.54) is 0 Å². The lowest BCUT2D eigenvalue weighted by Gasteiger charge is -2.11. The molecule has 126 valence electrons. The summed E-state index contributed by atoms with van der Waals surface area (Å²) in [5.74, 6) is 1.62. The Morgan fingerprint density at radius 3 is 2.72 bits per heavy atom. The highest BCUT2D eigenvalue weighted by Crippen LogP contribution is 2.35. The minimum absolute atomic E-state index is 0.688. The van der Waals surface area contributed by atoms with Crippen LogP contribution in [0, 0.1) is 6.92 Å². The molecule has 0 spiro atoms. The molecule has 0 atom stereocenters. The van der Waals surface area contributed by atoms with Gasteiger partial charge in [0, 0.05) is 11.6 Å². The van der Waals surface area contributed by atoms with Crippen LogP contribution in [0.5, 0.6) is 5.75 Å². The lowest BCUT2D eigenvalue weighted by Crippen LogP contribution is -2.02. The van der Waals surface area contributed by atoms with Crippen molar-refractivity contribution in [2.24, 2.45) is 0 Å². The van der Waals surface area contributed by atoms with Gasteiger partial charge in [0.2, 0.25) is 0 Å². The fourth-order valence-corrected chi connectivity index (χ4v) is 3.00. The zero-order chi connectivity index (χ0) is 17.2. The Morgan fingerprint density at radius 2 is 1.92 bits per heavy atom. The van der Waals surface area contributed by atoms with Gasteiger partial charge in [0.05, 0.1) is 23.2 Å². The number of hydrogen-bond acceptors (Lipinski definition) is 4. The number of fused-ring (bicyclic) bond motifs is 2. The van der Waals surface area contributed by atoms with Crippen LogP contribution >= 0.6 is 0 Å². The largest absolute Gasteiger partial charge is 0.492 e. The van der Waals surface area contributed by atoms with Crippen LogP contribution in [0.2, 0.25) is 0 Å². The second-order valence-corrected chi connectivity index (χ2v) is 6.04. The van der Waals surface area contributed by atoms with Gasteiger partial charge in [0.15, 0.2) is 11.5 Å². The third kappa shape index (κ3) is 2.71. The van der Waals surface area contributed by atoms with Gasteiger partial charge in [-0.05, 0) is 37.6 Å². The number of rotatable bonds is 5. The molecule has 5 nitrogen and oxygen atoms in total. The molecule has 5 heteroatoms. The van der Waals surface area contributed by atoms with E-state index in [0.717, 1.165) is 52.0 Å². The highest BCUT2D eigenvalue weighted by atomic mass is 16.5. The van der Waals surface area contributed by atoms with Crippen molar-refractivity contribution in [3.8, 4) is 11.6 Å². The third-order valence-corrected chi connectivity index (χ3v) is 4.25. The summed E-state index contributed by atoms with van der Waals surface area (Å²) in [5, 5.41) is 6.67. The number of hydrogen-bond donors (Lipinski definition) is 0. The quantitative estimate of drug-likeness (QED) is 0.506. The maximum atomic E-state index is 6.19. The van der Waals surface area contributed by atoms with Crippen molar-refractivity contribution in [2.45, 2.75) is 26.7 Å². The number of para-hydroxylation sites is 1. The van der Waals surface area contributed by atoms with Gasteiger partial charge in [-0.25, -0.2) is 9.97 Å². The number of pyridine rings is 2. The zero-order valence-electron chi connectivity index (χ0n) is 14.4. The third-order valence-electron chi connectivity index (χ3n) is 4.25. The number of aromatic nitrogens is 4. The van der Waals surface area contributed by atoms with Crippen molar-refractivity contribution < 1.29 is 4.74 Å². The van der Waals surface area contributed by atoms with Crippen LogP contribution < -0.4 is 4.74 Å². The van der Waals surface area contributed by atoms with E-state index in [-0.39, 0.29) is 0 Å². The number of ether oxygens (including phenoxy) is 1. The van der Waals surface area contributed by atoms with Gasteiger partial charge in [0.1, 0.15) is 5.75 Å². The second-order valence-electron chi connectivity index (χ2n) is 6.04. The second kappa shape index (κ2) is 6.51. The fourth-order valence-electron chi connectivity index (χ4n) is 3.00. The molecule has 0 unspecified atom stereocenters. The lowest BCUT2D eigenvalue weighted by molar-refractivity contribution is 0.316. The Balaban J connectivity index is 2.00. The summed E-state index contributed by atoms with van der Waals surface area (Å²) in [7, 11) is 0. The number of aryl methyl sites for hydroxylation is 1. The molecule has 0 N–H and O–H groups in total. The molecule has 0 amide bonds. The van der Waals surface area contributed by atoms with Crippen molar-refractivity contribution in [2.75, 3.05) is 6.61 Å². The van der Waals surface area contributed by atoms with E-state index >= 15 is 0 Å². The zero-order valence-corrected chi connectivity index (χ0v) is 14.4. The van der Waals surface area contributed by atoms with E-state index in [0.29, 0.717) is 6.61 Å². The molecule has 0 radical (unpaired) electrons. The van der Waals surface area contributed by atoms with Crippen LogP contribution in [-0.2, 0) is 0 Å². The lowest BCUT2D eigenvalue weighted by atomic mass is 10.1. The Kier molecular flexibility index (Phi) is 4.06. The number of unbranched alkanes of at least 4 members (excludes halogenated alkanes) is 1. The molecule has 4 aromatic rings. The Labute approximate surface area is 146 Å². The number of nitrogens with zero attached hydrogens (tertiary/aromatic N) is 4. The van der Waals surface area contributed by atoms with Crippen molar-refractivity contribution in [3.63, 3.8) is 0 Å². The highest BCUT2D eigenvalue weighted by Gasteiger charge is 2.19. The van der Waals surface area contributed by atoms with Gasteiger partial charge >= 0.3 is 0 Å². The van der Waals surface area contributed by atoms with E-state index in [1.54, 1.807) is 10.9 Å². The van der Waals surface area contributed by atoms with Crippen molar-refractivity contribution in [1.82, 2.24) is 19.7 Å². The first kappa shape index (κ1) is 15.6. The smallest absolute Gasteiger partial charge is 0.169 e. The predicted molar refractivity (Wildman–Crippen MR) is 99.3 cm³/mol. The molecule has 0 saturated heterocycles. The van der Waals surface area contributed by atoms with Crippen molar-refractivity contribution in [1.29, 1.82) is 0 Å². The Bertz CT molecular complexity index is 1020. The summed E-state index contributed by atoms with van der Waals surface area (Å²) in [5.41, 5.74) is 2.57. The molecule has 0 aliphatic carbocycles. The molecule has 25 heavy (non-hydrogen) atoms. The first-order chi connectivity index (χ1) is 12.3. The summed E-state index contributed by atoms with van der Waals surface area (Å²) in [6, 6.07) is 13.8. The van der Waals surface area contributed by atoms with Gasteiger partial charge < -0.3 is 4.74 Å². The molecule has 0 aliphatic heterocycles. The average Bonchev–Trinajstić information content (AvgIpc) is 2.98. The van der Waals surface area contributed by atoms with Crippen LogP contribution in [0.25, 0.3) is 27.8 Å². The van der Waals surface area contributed by atoms with Crippen LogP contribution in [-0.4, -0.2) is 26.4 Å². The maximum Gasteiger partial charge on any atom is 0.169 e. The van der Waals surface area contributed by atoms with Crippen LogP contribution in [0.15, 0.2) is 48.7 Å². The first-order valence-electron chi connectivity index (χ1n) is 8.62. The van der Waals surface area contributed by atoms with E-state index < -0.39 is 0 Å². The SMILES string of the molecule is CCCCOc1c2ccccc2nc2c1c(C)nn2-c1ccccn1. The van der Waals surface area contributed by atoms with Crippen LogP contribution in [0.3, 0.4) is 0 Å². The van der Waals surface area contributed by atoms with Crippen molar-refractivity contribution in [3.05, 3.63) is 54.4 Å². The molecule has 3 aromatic heterocycles. The van der Waals surface area contributed by atoms with E-state index in [4.69, 9.17) is 9.72 Å². The molecule has 0 fully saturated rings. The molecule has 0 aliphatic rings. The molecule has 3 heterocycles. The first-order valence-corrected chi connectivity index (χ1v) is 8.62. The summed E-state index contributed by atoms with van der Waals surface area (Å²) in [6.45, 7) is 4.84. The normalized spacial score (nSPS) is 11.3. The molecule has 0 saturated carbocycles. The topological polar surface area (TPSA) is 52.8 Å². The standard InChI is InChI=1S/C20H20N4O/c1-3-4-13-25-19-15-9-5-6-10-16(15)22-20-18(19)14(2)23-24(20)17-11-7-8-12-21-17/h5-12H,3-4,13H2,1-2H3. The van der Waals surface area contributed by atoms with E-state index in [9.17, 15) is 0 Å². The maximum absolute atomic E-state index is 6.19. The van der Waals surface area contributed by atoms with Crippen LogP contribution in [0.4, 0.5) is 0 Å². The summed E-state index contributed by atoms with van der Waals surface area (Å²) in [6.07, 6.45) is 3.88. The average molecular weight is 332 g/mol. The molecule has 4 rings (SSSR count). The summed E-state index contributed by atoms with van der Waals surface area (Å²) < 4.78 is 7.98. The van der Waals surface area contributed by atoms with E-state index in [2.05, 4.69) is 23.1 Å². The molecular weight excluding hydrogens is 312 g/mol. The Hall–Kier alpha value is -2.95. The highest BCUT2D eigenvalue weighted by molar-refractivity contribution is 6.01. The summed E-state index contributed by atoms with van der Waals surface area (Å²) in [4.78, 5) is 9.26. The molecule has 0 bridgehead atoms. The van der Waals surface area contributed by atoms with E-state index in [1.807, 2.05) is 43.3 Å².